The van der Waals surface area contributed by atoms with Crippen molar-refractivity contribution >= 4 is 11.6 Å². The van der Waals surface area contributed by atoms with Gasteiger partial charge in [-0.3, -0.25) is 0 Å². The SMILES string of the molecule is [CH2]c1cc(Cl)ccc1OC(F)(F)F. The van der Waals surface area contributed by atoms with E-state index in [4.69, 9.17) is 11.6 Å². The molecule has 0 fully saturated rings. The van der Waals surface area contributed by atoms with Crippen molar-refractivity contribution in [3.05, 3.63) is 35.7 Å². The van der Waals surface area contributed by atoms with Crippen LogP contribution in [-0.4, -0.2) is 6.36 Å². The molecule has 0 amide bonds. The minimum atomic E-state index is -4.69. The Bertz CT molecular complexity index is 309. The van der Waals surface area contributed by atoms with Gasteiger partial charge in [-0.2, -0.15) is 0 Å². The van der Waals surface area contributed by atoms with Gasteiger partial charge in [0.25, 0.3) is 0 Å². The zero-order valence-corrected chi connectivity index (χ0v) is 7.12. The van der Waals surface area contributed by atoms with E-state index in [9.17, 15) is 13.2 Å². The molecule has 0 bridgehead atoms. The Balaban J connectivity index is 2.90. The van der Waals surface area contributed by atoms with Crippen LogP contribution < -0.4 is 4.74 Å². The van der Waals surface area contributed by atoms with Gasteiger partial charge in [-0.1, -0.05) is 11.6 Å². The highest BCUT2D eigenvalue weighted by Gasteiger charge is 2.31. The third-order valence-electron chi connectivity index (χ3n) is 1.25. The quantitative estimate of drug-likeness (QED) is 0.689. The summed E-state index contributed by atoms with van der Waals surface area (Å²) in [4.78, 5) is 0. The lowest BCUT2D eigenvalue weighted by Crippen LogP contribution is -2.17. The van der Waals surface area contributed by atoms with Gasteiger partial charge in [0.1, 0.15) is 5.75 Å². The lowest BCUT2D eigenvalue weighted by molar-refractivity contribution is -0.274. The van der Waals surface area contributed by atoms with Crippen molar-refractivity contribution in [2.24, 2.45) is 0 Å². The molecule has 0 atom stereocenters. The molecule has 0 aliphatic heterocycles. The number of rotatable bonds is 1. The van der Waals surface area contributed by atoms with Crippen molar-refractivity contribution in [3.8, 4) is 5.75 Å². The highest BCUT2D eigenvalue weighted by molar-refractivity contribution is 6.30. The van der Waals surface area contributed by atoms with Gasteiger partial charge in [-0.25, -0.2) is 0 Å². The second kappa shape index (κ2) is 3.46. The van der Waals surface area contributed by atoms with Crippen LogP contribution in [0.3, 0.4) is 0 Å². The summed E-state index contributed by atoms with van der Waals surface area (Å²) in [6.07, 6.45) is -4.69. The van der Waals surface area contributed by atoms with E-state index >= 15 is 0 Å². The summed E-state index contributed by atoms with van der Waals surface area (Å²) in [5.74, 6) is -0.336. The first-order chi connectivity index (χ1) is 5.88. The van der Waals surface area contributed by atoms with Gasteiger partial charge in [0.05, 0.1) is 0 Å². The van der Waals surface area contributed by atoms with Gasteiger partial charge in [-0.15, -0.1) is 13.2 Å². The zero-order valence-electron chi connectivity index (χ0n) is 6.36. The Morgan fingerprint density at radius 2 is 1.92 bits per heavy atom. The predicted molar refractivity (Wildman–Crippen MR) is 42.6 cm³/mol. The van der Waals surface area contributed by atoms with E-state index in [1.165, 1.54) is 12.1 Å². The van der Waals surface area contributed by atoms with Crippen molar-refractivity contribution in [1.82, 2.24) is 0 Å². The number of halogens is 4. The lowest BCUT2D eigenvalue weighted by Gasteiger charge is -2.10. The van der Waals surface area contributed by atoms with Crippen LogP contribution in [0.15, 0.2) is 18.2 Å². The van der Waals surface area contributed by atoms with Crippen molar-refractivity contribution in [2.45, 2.75) is 6.36 Å². The average molecular weight is 210 g/mol. The summed E-state index contributed by atoms with van der Waals surface area (Å²) < 4.78 is 38.9. The molecule has 1 radical (unpaired) electrons. The highest BCUT2D eigenvalue weighted by atomic mass is 35.5. The van der Waals surface area contributed by atoms with Crippen molar-refractivity contribution in [3.63, 3.8) is 0 Å². The monoisotopic (exact) mass is 209 g/mol. The molecule has 0 spiro atoms. The zero-order chi connectivity index (χ0) is 10.1. The fourth-order valence-corrected chi connectivity index (χ4v) is 0.967. The highest BCUT2D eigenvalue weighted by Crippen LogP contribution is 2.27. The molecule has 1 rings (SSSR count). The van der Waals surface area contributed by atoms with Crippen LogP contribution in [-0.2, 0) is 0 Å². The van der Waals surface area contributed by atoms with Crippen LogP contribution >= 0.6 is 11.6 Å². The Hall–Kier alpha value is -0.900. The first kappa shape index (κ1) is 10.2. The molecule has 0 aliphatic carbocycles. The topological polar surface area (TPSA) is 9.23 Å². The molecule has 71 valence electrons. The molecule has 0 unspecified atom stereocenters. The minimum absolute atomic E-state index is 0.102. The van der Waals surface area contributed by atoms with E-state index in [0.29, 0.717) is 5.02 Å². The third-order valence-corrected chi connectivity index (χ3v) is 1.48. The first-order valence-corrected chi connectivity index (χ1v) is 3.63. The summed E-state index contributed by atoms with van der Waals surface area (Å²) in [6, 6.07) is 3.72. The summed E-state index contributed by atoms with van der Waals surface area (Å²) in [6.45, 7) is 3.36. The maximum absolute atomic E-state index is 11.7. The largest absolute Gasteiger partial charge is 0.573 e. The van der Waals surface area contributed by atoms with Crippen LogP contribution in [0.25, 0.3) is 0 Å². The van der Waals surface area contributed by atoms with E-state index in [2.05, 4.69) is 11.7 Å². The maximum Gasteiger partial charge on any atom is 0.573 e. The molecule has 0 N–H and O–H groups in total. The summed E-state index contributed by atoms with van der Waals surface area (Å²) in [7, 11) is 0. The van der Waals surface area contributed by atoms with Gasteiger partial charge in [-0.05, 0) is 30.7 Å². The minimum Gasteiger partial charge on any atom is -0.406 e. The Morgan fingerprint density at radius 1 is 1.31 bits per heavy atom. The number of ether oxygens (including phenoxy) is 1. The summed E-state index contributed by atoms with van der Waals surface area (Å²) in [5, 5.41) is 0.319. The molecule has 1 aromatic carbocycles. The molecule has 0 heterocycles. The number of alkyl halides is 3. The lowest BCUT2D eigenvalue weighted by atomic mass is 10.2. The second-order valence-corrected chi connectivity index (χ2v) is 2.74. The standard InChI is InChI=1S/C8H5ClF3O/c1-5-4-6(9)2-3-7(5)13-8(10,11)12/h2-4H,1H2. The Morgan fingerprint density at radius 3 is 2.38 bits per heavy atom. The van der Waals surface area contributed by atoms with Gasteiger partial charge in [0.2, 0.25) is 0 Å². The van der Waals surface area contributed by atoms with Crippen molar-refractivity contribution in [2.75, 3.05) is 0 Å². The van der Waals surface area contributed by atoms with E-state index in [1.54, 1.807) is 0 Å². The second-order valence-electron chi connectivity index (χ2n) is 2.30. The van der Waals surface area contributed by atoms with E-state index in [1.807, 2.05) is 0 Å². The Labute approximate surface area is 78.1 Å². The van der Waals surface area contributed by atoms with Crippen LogP contribution in [0.2, 0.25) is 5.02 Å². The fraction of sp³-hybridized carbons (Fsp3) is 0.125. The van der Waals surface area contributed by atoms with E-state index in [0.717, 1.165) is 6.07 Å². The number of benzene rings is 1. The van der Waals surface area contributed by atoms with Crippen molar-refractivity contribution in [1.29, 1.82) is 0 Å². The molecule has 13 heavy (non-hydrogen) atoms. The molecule has 1 aromatic rings. The van der Waals surface area contributed by atoms with Gasteiger partial charge in [0.15, 0.2) is 0 Å². The summed E-state index contributed by atoms with van der Waals surface area (Å²) in [5.41, 5.74) is 0.102. The van der Waals surface area contributed by atoms with E-state index in [-0.39, 0.29) is 11.3 Å². The Kier molecular flexibility index (Phi) is 2.71. The van der Waals surface area contributed by atoms with Gasteiger partial charge >= 0.3 is 6.36 Å². The van der Waals surface area contributed by atoms with E-state index < -0.39 is 6.36 Å². The third kappa shape index (κ3) is 3.14. The van der Waals surface area contributed by atoms with Crippen LogP contribution in [0.5, 0.6) is 5.75 Å². The van der Waals surface area contributed by atoms with Crippen LogP contribution in [0, 0.1) is 6.92 Å². The fourth-order valence-electron chi connectivity index (χ4n) is 0.772. The molecule has 5 heteroatoms. The maximum atomic E-state index is 11.7. The smallest absolute Gasteiger partial charge is 0.406 e. The van der Waals surface area contributed by atoms with Gasteiger partial charge < -0.3 is 4.74 Å². The normalized spacial score (nSPS) is 11.5. The number of hydrogen-bond donors (Lipinski definition) is 0. The molecule has 0 saturated carbocycles. The number of hydrogen-bond acceptors (Lipinski definition) is 1. The van der Waals surface area contributed by atoms with Crippen LogP contribution in [0.4, 0.5) is 13.2 Å². The van der Waals surface area contributed by atoms with Crippen LogP contribution in [0.1, 0.15) is 5.56 Å². The molecular formula is C8H5ClF3O. The molecule has 0 saturated heterocycles. The molecule has 1 nitrogen and oxygen atoms in total. The summed E-state index contributed by atoms with van der Waals surface area (Å²) >= 11 is 5.51. The average Bonchev–Trinajstić information content (AvgIpc) is 1.93. The molecule has 0 aromatic heterocycles. The van der Waals surface area contributed by atoms with Gasteiger partial charge in [0, 0.05) is 5.02 Å². The molecule has 0 aliphatic rings. The molecular weight excluding hydrogens is 205 g/mol. The van der Waals surface area contributed by atoms with Crippen molar-refractivity contribution < 1.29 is 17.9 Å². The first-order valence-electron chi connectivity index (χ1n) is 3.26. The predicted octanol–water partition coefficient (Wildman–Crippen LogP) is 3.42.